The van der Waals surface area contributed by atoms with Crippen LogP contribution in [0, 0.1) is 0 Å². The molecule has 134 valence electrons. The van der Waals surface area contributed by atoms with Gasteiger partial charge in [-0.25, -0.2) is 8.42 Å². The van der Waals surface area contributed by atoms with E-state index in [1.165, 1.54) is 0 Å². The van der Waals surface area contributed by atoms with E-state index in [9.17, 15) is 8.42 Å². The van der Waals surface area contributed by atoms with Crippen LogP contribution in [0.2, 0.25) is 5.02 Å². The predicted octanol–water partition coefficient (Wildman–Crippen LogP) is 3.95. The Morgan fingerprint density at radius 2 is 1.80 bits per heavy atom. The Labute approximate surface area is 161 Å². The van der Waals surface area contributed by atoms with E-state index in [1.54, 1.807) is 24.3 Å². The molecule has 0 aliphatic carbocycles. The summed E-state index contributed by atoms with van der Waals surface area (Å²) in [7, 11) is -3.31. The van der Waals surface area contributed by atoms with Crippen LogP contribution in [0.1, 0.15) is 11.7 Å². The number of halogens is 2. The molecular weight excluding hydrogens is 426 g/mol. The average Bonchev–Trinajstić information content (AvgIpc) is 2.61. The summed E-state index contributed by atoms with van der Waals surface area (Å²) in [4.78, 5) is 2.46. The van der Waals surface area contributed by atoms with Crippen LogP contribution in [0.3, 0.4) is 0 Å². The molecule has 4 nitrogen and oxygen atoms in total. The lowest BCUT2D eigenvalue weighted by atomic mass is 10.1. The summed E-state index contributed by atoms with van der Waals surface area (Å²) in [6.45, 7) is 2.52. The lowest BCUT2D eigenvalue weighted by Gasteiger charge is -2.33. The Hall–Kier alpha value is -0.920. The molecule has 1 heterocycles. The molecule has 25 heavy (non-hydrogen) atoms. The van der Waals surface area contributed by atoms with Crippen LogP contribution < -0.4 is 0 Å². The van der Waals surface area contributed by atoms with Gasteiger partial charge in [-0.05, 0) is 42.0 Å². The highest BCUT2D eigenvalue weighted by Gasteiger charge is 2.24. The van der Waals surface area contributed by atoms with E-state index in [4.69, 9.17) is 16.3 Å². The molecule has 0 amide bonds. The van der Waals surface area contributed by atoms with Crippen LogP contribution in [-0.4, -0.2) is 45.3 Å². The van der Waals surface area contributed by atoms with Crippen molar-refractivity contribution < 1.29 is 13.2 Å². The topological polar surface area (TPSA) is 46.6 Å². The summed E-state index contributed by atoms with van der Waals surface area (Å²) in [6, 6.07) is 14.4. The van der Waals surface area contributed by atoms with Crippen LogP contribution in [0.25, 0.3) is 0 Å². The smallest absolute Gasteiger partial charge is 0.179 e. The monoisotopic (exact) mass is 443 g/mol. The fraction of sp³-hybridized carbons (Fsp3) is 0.333. The molecule has 1 fully saturated rings. The highest BCUT2D eigenvalue weighted by atomic mass is 79.9. The Balaban J connectivity index is 1.61. The molecule has 0 bridgehead atoms. The second-order valence-corrected chi connectivity index (χ2v) is 9.45. The second kappa shape index (κ2) is 8.18. The van der Waals surface area contributed by atoms with Gasteiger partial charge >= 0.3 is 0 Å². The number of morpholine rings is 1. The SMILES string of the molecule is O=S(=O)(CCN1CCOC(c2ccc(Br)cc2)C1)c1ccc(Cl)cc1. The minimum atomic E-state index is -3.31. The molecule has 3 rings (SSSR count). The number of sulfone groups is 1. The van der Waals surface area contributed by atoms with Gasteiger partial charge in [0.15, 0.2) is 9.84 Å². The molecule has 0 spiro atoms. The lowest BCUT2D eigenvalue weighted by Crippen LogP contribution is -2.40. The quantitative estimate of drug-likeness (QED) is 0.700. The predicted molar refractivity (Wildman–Crippen MR) is 103 cm³/mol. The summed E-state index contributed by atoms with van der Waals surface area (Å²) in [5, 5.41) is 0.532. The molecule has 2 aromatic carbocycles. The van der Waals surface area contributed by atoms with E-state index in [0.29, 0.717) is 29.6 Å². The van der Waals surface area contributed by atoms with Gasteiger partial charge in [0.25, 0.3) is 0 Å². The summed E-state index contributed by atoms with van der Waals surface area (Å²) in [6.07, 6.45) is -0.0277. The number of hydrogen-bond acceptors (Lipinski definition) is 4. The maximum Gasteiger partial charge on any atom is 0.179 e. The molecule has 1 saturated heterocycles. The normalized spacial score (nSPS) is 19.0. The molecule has 7 heteroatoms. The van der Waals surface area contributed by atoms with E-state index < -0.39 is 9.84 Å². The first kappa shape index (κ1) is 18.9. The van der Waals surface area contributed by atoms with Crippen molar-refractivity contribution in [3.63, 3.8) is 0 Å². The number of nitrogens with zero attached hydrogens (tertiary/aromatic N) is 1. The van der Waals surface area contributed by atoms with Gasteiger partial charge in [0.2, 0.25) is 0 Å². The van der Waals surface area contributed by atoms with Gasteiger partial charge in [-0.15, -0.1) is 0 Å². The van der Waals surface area contributed by atoms with Crippen molar-refractivity contribution in [1.82, 2.24) is 4.90 Å². The van der Waals surface area contributed by atoms with Crippen LogP contribution >= 0.6 is 27.5 Å². The van der Waals surface area contributed by atoms with Gasteiger partial charge in [-0.1, -0.05) is 39.7 Å². The zero-order valence-electron chi connectivity index (χ0n) is 13.6. The molecule has 0 saturated carbocycles. The summed E-state index contributed by atoms with van der Waals surface area (Å²) in [5.74, 6) is 0.0850. The summed E-state index contributed by atoms with van der Waals surface area (Å²) in [5.41, 5.74) is 1.11. The van der Waals surface area contributed by atoms with Gasteiger partial charge < -0.3 is 4.74 Å². The first-order valence-electron chi connectivity index (χ1n) is 8.02. The molecule has 2 aromatic rings. The van der Waals surface area contributed by atoms with Crippen molar-refractivity contribution in [2.24, 2.45) is 0 Å². The standard InChI is InChI=1S/C18H19BrClNO3S/c19-15-3-1-14(2-4-15)18-13-21(9-11-24-18)10-12-25(22,23)17-7-5-16(20)6-8-17/h1-8,18H,9-13H2. The third-order valence-corrected chi connectivity index (χ3v) is 6.73. The molecule has 1 unspecified atom stereocenters. The maximum absolute atomic E-state index is 12.5. The zero-order chi connectivity index (χ0) is 17.9. The lowest BCUT2D eigenvalue weighted by molar-refractivity contribution is -0.0279. The summed E-state index contributed by atoms with van der Waals surface area (Å²) >= 11 is 9.25. The van der Waals surface area contributed by atoms with Crippen molar-refractivity contribution in [2.75, 3.05) is 32.0 Å². The van der Waals surface area contributed by atoms with Crippen LogP contribution in [0.15, 0.2) is 57.9 Å². The second-order valence-electron chi connectivity index (χ2n) is 5.98. The number of hydrogen-bond donors (Lipinski definition) is 0. The summed E-state index contributed by atoms with van der Waals surface area (Å²) < 4.78 is 31.8. The van der Waals surface area contributed by atoms with E-state index in [1.807, 2.05) is 24.3 Å². The molecule has 0 aromatic heterocycles. The van der Waals surface area contributed by atoms with E-state index >= 15 is 0 Å². The Kier molecular flexibility index (Phi) is 6.17. The third-order valence-electron chi connectivity index (χ3n) is 4.24. The highest BCUT2D eigenvalue weighted by molar-refractivity contribution is 9.10. The highest BCUT2D eigenvalue weighted by Crippen LogP contribution is 2.24. The molecule has 1 aliphatic heterocycles. The van der Waals surface area contributed by atoms with E-state index in [2.05, 4.69) is 20.8 Å². The van der Waals surface area contributed by atoms with Crippen molar-refractivity contribution >= 4 is 37.4 Å². The average molecular weight is 445 g/mol. The van der Waals surface area contributed by atoms with Crippen LogP contribution in [-0.2, 0) is 14.6 Å². The minimum absolute atomic E-state index is 0.0277. The van der Waals surface area contributed by atoms with Gasteiger partial charge in [0.05, 0.1) is 23.4 Å². The molecule has 0 N–H and O–H groups in total. The first-order valence-corrected chi connectivity index (χ1v) is 10.8. The number of ether oxygens (including phenoxy) is 1. The maximum atomic E-state index is 12.5. The van der Waals surface area contributed by atoms with E-state index in [-0.39, 0.29) is 11.9 Å². The fourth-order valence-electron chi connectivity index (χ4n) is 2.79. The molecular formula is C18H19BrClNO3S. The van der Waals surface area contributed by atoms with Gasteiger partial charge in [-0.2, -0.15) is 0 Å². The van der Waals surface area contributed by atoms with Crippen molar-refractivity contribution in [3.8, 4) is 0 Å². The Morgan fingerprint density at radius 1 is 1.12 bits per heavy atom. The molecule has 1 atom stereocenters. The first-order chi connectivity index (χ1) is 11.9. The van der Waals surface area contributed by atoms with Crippen LogP contribution in [0.4, 0.5) is 0 Å². The number of rotatable bonds is 5. The number of benzene rings is 2. The third kappa shape index (κ3) is 5.05. The van der Waals surface area contributed by atoms with Crippen molar-refractivity contribution in [2.45, 2.75) is 11.0 Å². The largest absolute Gasteiger partial charge is 0.371 e. The van der Waals surface area contributed by atoms with Gasteiger partial charge in [0.1, 0.15) is 0 Å². The molecule has 0 radical (unpaired) electrons. The van der Waals surface area contributed by atoms with Crippen molar-refractivity contribution in [3.05, 3.63) is 63.6 Å². The molecule has 1 aliphatic rings. The van der Waals surface area contributed by atoms with Crippen molar-refractivity contribution in [1.29, 1.82) is 0 Å². The van der Waals surface area contributed by atoms with Crippen LogP contribution in [0.5, 0.6) is 0 Å². The Morgan fingerprint density at radius 3 is 2.48 bits per heavy atom. The van der Waals surface area contributed by atoms with Gasteiger partial charge in [-0.3, -0.25) is 4.90 Å². The fourth-order valence-corrected chi connectivity index (χ4v) is 4.47. The van der Waals surface area contributed by atoms with Gasteiger partial charge in [0, 0.05) is 29.1 Å². The van der Waals surface area contributed by atoms with E-state index in [0.717, 1.165) is 16.6 Å². The zero-order valence-corrected chi connectivity index (χ0v) is 16.7. The Bertz CT molecular complexity index is 809. The minimum Gasteiger partial charge on any atom is -0.371 e.